The largest absolute Gasteiger partial charge is 0.452 e. The predicted octanol–water partition coefficient (Wildman–Crippen LogP) is 0.920. The molecule has 27 heavy (non-hydrogen) atoms. The summed E-state index contributed by atoms with van der Waals surface area (Å²) < 4.78 is 10.6. The van der Waals surface area contributed by atoms with Crippen LogP contribution in [0.3, 0.4) is 0 Å². The SMILES string of the molecule is C[C@H](OC(=O)[C@H]1CCC(=O)NC1)C(=O)Nc1ccc(N2CCOCC2)cc1. The third kappa shape index (κ3) is 5.19. The van der Waals surface area contributed by atoms with Crippen molar-refractivity contribution < 1.29 is 23.9 Å². The fourth-order valence-corrected chi connectivity index (χ4v) is 3.08. The molecular weight excluding hydrogens is 350 g/mol. The second kappa shape index (κ2) is 8.85. The maximum atomic E-state index is 12.3. The Morgan fingerprint density at radius 1 is 1.26 bits per heavy atom. The van der Waals surface area contributed by atoms with Crippen molar-refractivity contribution in [3.05, 3.63) is 24.3 Å². The zero-order valence-corrected chi connectivity index (χ0v) is 15.4. The number of ether oxygens (including phenoxy) is 2. The average molecular weight is 375 g/mol. The van der Waals surface area contributed by atoms with Gasteiger partial charge in [-0.05, 0) is 37.6 Å². The Hall–Kier alpha value is -2.61. The Labute approximate surface area is 158 Å². The van der Waals surface area contributed by atoms with Crippen molar-refractivity contribution in [3.63, 3.8) is 0 Å². The minimum atomic E-state index is -0.908. The highest BCUT2D eigenvalue weighted by Gasteiger charge is 2.28. The topological polar surface area (TPSA) is 97.0 Å². The number of nitrogens with one attached hydrogen (secondary N) is 2. The Morgan fingerprint density at radius 2 is 1.96 bits per heavy atom. The lowest BCUT2D eigenvalue weighted by Crippen LogP contribution is -2.41. The number of nitrogens with zero attached hydrogens (tertiary/aromatic N) is 1. The fourth-order valence-electron chi connectivity index (χ4n) is 3.08. The number of amides is 2. The van der Waals surface area contributed by atoms with E-state index in [1.165, 1.54) is 6.92 Å². The van der Waals surface area contributed by atoms with Gasteiger partial charge < -0.3 is 25.0 Å². The van der Waals surface area contributed by atoms with Crippen molar-refractivity contribution in [2.45, 2.75) is 25.9 Å². The van der Waals surface area contributed by atoms with Crippen LogP contribution < -0.4 is 15.5 Å². The number of carbonyl (C=O) groups excluding carboxylic acids is 3. The van der Waals surface area contributed by atoms with Gasteiger partial charge >= 0.3 is 5.97 Å². The lowest BCUT2D eigenvalue weighted by Gasteiger charge is -2.29. The Morgan fingerprint density at radius 3 is 2.59 bits per heavy atom. The molecule has 0 unspecified atom stereocenters. The second-order valence-electron chi connectivity index (χ2n) is 6.75. The van der Waals surface area contributed by atoms with Gasteiger partial charge in [0, 0.05) is 37.4 Å². The van der Waals surface area contributed by atoms with E-state index < -0.39 is 18.0 Å². The number of rotatable bonds is 5. The molecule has 0 saturated carbocycles. The molecule has 1 aromatic rings. The molecule has 2 N–H and O–H groups in total. The van der Waals surface area contributed by atoms with E-state index in [-0.39, 0.29) is 18.4 Å². The Balaban J connectivity index is 1.48. The molecule has 0 spiro atoms. The van der Waals surface area contributed by atoms with Crippen LogP contribution in [0.15, 0.2) is 24.3 Å². The molecule has 0 aromatic heterocycles. The summed E-state index contributed by atoms with van der Waals surface area (Å²) in [6, 6.07) is 7.55. The molecule has 0 aliphatic carbocycles. The normalized spacial score (nSPS) is 21.1. The molecule has 3 rings (SSSR count). The van der Waals surface area contributed by atoms with E-state index in [9.17, 15) is 14.4 Å². The summed E-state index contributed by atoms with van der Waals surface area (Å²) in [6.07, 6.45) is -0.160. The first-order valence-corrected chi connectivity index (χ1v) is 9.24. The van der Waals surface area contributed by atoms with Crippen LogP contribution in [0.5, 0.6) is 0 Å². The van der Waals surface area contributed by atoms with E-state index in [2.05, 4.69) is 15.5 Å². The summed E-state index contributed by atoms with van der Waals surface area (Å²) in [7, 11) is 0. The molecular formula is C19H25N3O5. The average Bonchev–Trinajstić information content (AvgIpc) is 2.69. The van der Waals surface area contributed by atoms with Crippen LogP contribution in [0.4, 0.5) is 11.4 Å². The zero-order valence-electron chi connectivity index (χ0n) is 15.4. The number of hydrogen-bond donors (Lipinski definition) is 2. The number of anilines is 2. The number of esters is 1. The maximum Gasteiger partial charge on any atom is 0.311 e. The highest BCUT2D eigenvalue weighted by atomic mass is 16.5. The van der Waals surface area contributed by atoms with Gasteiger partial charge in [0.25, 0.3) is 5.91 Å². The second-order valence-corrected chi connectivity index (χ2v) is 6.75. The van der Waals surface area contributed by atoms with Crippen LogP contribution in [-0.4, -0.2) is 56.7 Å². The van der Waals surface area contributed by atoms with Crippen LogP contribution in [-0.2, 0) is 23.9 Å². The standard InChI is InChI=1S/C19H25N3O5/c1-13(27-19(25)14-2-7-17(23)20-12-14)18(24)21-15-3-5-16(6-4-15)22-8-10-26-11-9-22/h3-6,13-14H,2,7-12H2,1H3,(H,20,23)(H,21,24)/t13-,14-/m0/s1. The van der Waals surface area contributed by atoms with E-state index in [0.29, 0.717) is 31.7 Å². The highest BCUT2D eigenvalue weighted by molar-refractivity contribution is 5.95. The summed E-state index contributed by atoms with van der Waals surface area (Å²) >= 11 is 0. The molecule has 146 valence electrons. The van der Waals surface area contributed by atoms with Gasteiger partial charge in [-0.3, -0.25) is 14.4 Å². The first-order valence-electron chi connectivity index (χ1n) is 9.24. The first kappa shape index (κ1) is 19.2. The molecule has 8 heteroatoms. The third-order valence-corrected chi connectivity index (χ3v) is 4.77. The smallest absolute Gasteiger partial charge is 0.311 e. The van der Waals surface area contributed by atoms with E-state index in [4.69, 9.17) is 9.47 Å². The number of carbonyl (C=O) groups is 3. The Kier molecular flexibility index (Phi) is 6.28. The van der Waals surface area contributed by atoms with Crippen LogP contribution in [0.1, 0.15) is 19.8 Å². The van der Waals surface area contributed by atoms with E-state index >= 15 is 0 Å². The van der Waals surface area contributed by atoms with Gasteiger partial charge in [-0.15, -0.1) is 0 Å². The monoisotopic (exact) mass is 375 g/mol. The predicted molar refractivity (Wildman–Crippen MR) is 99.4 cm³/mol. The van der Waals surface area contributed by atoms with Crippen molar-refractivity contribution in [2.75, 3.05) is 43.1 Å². The van der Waals surface area contributed by atoms with Gasteiger partial charge in [-0.1, -0.05) is 0 Å². The minimum Gasteiger partial charge on any atom is -0.452 e. The van der Waals surface area contributed by atoms with Crippen LogP contribution in [0.25, 0.3) is 0 Å². The lowest BCUT2D eigenvalue weighted by molar-refractivity contribution is -0.158. The van der Waals surface area contributed by atoms with Crippen molar-refractivity contribution in [1.82, 2.24) is 5.32 Å². The van der Waals surface area contributed by atoms with E-state index in [1.807, 2.05) is 24.3 Å². The van der Waals surface area contributed by atoms with Gasteiger partial charge in [0.05, 0.1) is 19.1 Å². The van der Waals surface area contributed by atoms with Gasteiger partial charge in [-0.25, -0.2) is 0 Å². The van der Waals surface area contributed by atoms with Crippen LogP contribution in [0.2, 0.25) is 0 Å². The van der Waals surface area contributed by atoms with E-state index in [0.717, 1.165) is 18.8 Å². The van der Waals surface area contributed by atoms with Crippen LogP contribution >= 0.6 is 0 Å². The summed E-state index contributed by atoms with van der Waals surface area (Å²) in [5, 5.41) is 5.39. The molecule has 2 amide bonds. The summed E-state index contributed by atoms with van der Waals surface area (Å²) in [5.74, 6) is -1.31. The van der Waals surface area contributed by atoms with Crippen molar-refractivity contribution >= 4 is 29.2 Å². The van der Waals surface area contributed by atoms with Crippen LogP contribution in [0, 0.1) is 5.92 Å². The number of morpholine rings is 1. The first-order chi connectivity index (χ1) is 13.0. The van der Waals surface area contributed by atoms with Crippen molar-refractivity contribution in [1.29, 1.82) is 0 Å². The molecule has 0 radical (unpaired) electrons. The molecule has 2 saturated heterocycles. The molecule has 2 aliphatic heterocycles. The molecule has 1 aromatic carbocycles. The molecule has 8 nitrogen and oxygen atoms in total. The summed E-state index contributed by atoms with van der Waals surface area (Å²) in [5.41, 5.74) is 1.72. The third-order valence-electron chi connectivity index (χ3n) is 4.77. The van der Waals surface area contributed by atoms with Gasteiger partial charge in [-0.2, -0.15) is 0 Å². The Bertz CT molecular complexity index is 675. The van der Waals surface area contributed by atoms with Gasteiger partial charge in [0.15, 0.2) is 6.10 Å². The summed E-state index contributed by atoms with van der Waals surface area (Å²) in [4.78, 5) is 37.8. The minimum absolute atomic E-state index is 0.0645. The van der Waals surface area contributed by atoms with E-state index in [1.54, 1.807) is 0 Å². The molecule has 2 heterocycles. The molecule has 2 aliphatic rings. The molecule has 0 bridgehead atoms. The highest BCUT2D eigenvalue weighted by Crippen LogP contribution is 2.19. The molecule has 2 atom stereocenters. The number of hydrogen-bond acceptors (Lipinski definition) is 6. The lowest BCUT2D eigenvalue weighted by atomic mass is 9.99. The fraction of sp³-hybridized carbons (Fsp3) is 0.526. The van der Waals surface area contributed by atoms with Gasteiger partial charge in [0.1, 0.15) is 0 Å². The zero-order chi connectivity index (χ0) is 19.2. The quantitative estimate of drug-likeness (QED) is 0.743. The van der Waals surface area contributed by atoms with Gasteiger partial charge in [0.2, 0.25) is 5.91 Å². The molecule has 2 fully saturated rings. The summed E-state index contributed by atoms with van der Waals surface area (Å²) in [6.45, 7) is 4.92. The van der Waals surface area contributed by atoms with Crippen molar-refractivity contribution in [3.8, 4) is 0 Å². The number of benzene rings is 1. The van der Waals surface area contributed by atoms with Crippen molar-refractivity contribution in [2.24, 2.45) is 5.92 Å². The number of piperidine rings is 1. The maximum absolute atomic E-state index is 12.3.